The minimum atomic E-state index is -1.88. The summed E-state index contributed by atoms with van der Waals surface area (Å²) in [6.45, 7) is 3.35. The van der Waals surface area contributed by atoms with E-state index in [4.69, 9.17) is 27.7 Å². The second kappa shape index (κ2) is 5.17. The summed E-state index contributed by atoms with van der Waals surface area (Å²) in [5, 5.41) is 18.9. The normalized spacial score (nSPS) is 17.6. The Morgan fingerprint density at radius 2 is 1.20 bits per heavy atom. The third-order valence-corrected chi connectivity index (χ3v) is 2.17. The molecule has 0 aromatic heterocycles. The number of hydrogen-bond donors (Lipinski definition) is 6. The quantitative estimate of drug-likeness (QED) is 0.276. The van der Waals surface area contributed by atoms with Crippen LogP contribution in [0.1, 0.15) is 26.7 Å². The van der Waals surface area contributed by atoms with Crippen LogP contribution in [-0.4, -0.2) is 34.1 Å². The molecule has 0 spiro atoms. The van der Waals surface area contributed by atoms with Crippen molar-refractivity contribution in [3.05, 3.63) is 0 Å². The summed E-state index contributed by atoms with van der Waals surface area (Å²) in [5.74, 6) is -3.76. The summed E-state index contributed by atoms with van der Waals surface area (Å²) in [4.78, 5) is 0. The number of hydrogen-bond acceptors (Lipinski definition) is 7. The van der Waals surface area contributed by atoms with Gasteiger partial charge < -0.3 is 14.9 Å². The highest BCUT2D eigenvalue weighted by Crippen LogP contribution is 2.14. The zero-order valence-electron chi connectivity index (χ0n) is 9.18. The third kappa shape index (κ3) is 3.99. The molecule has 0 amide bonds. The van der Waals surface area contributed by atoms with Gasteiger partial charge in [0.05, 0.1) is 0 Å². The summed E-state index contributed by atoms with van der Waals surface area (Å²) in [7, 11) is 0. The highest BCUT2D eigenvalue weighted by Gasteiger charge is 2.40. The molecule has 0 aliphatic heterocycles. The molecule has 0 aromatic carbocycles. The van der Waals surface area contributed by atoms with Crippen LogP contribution in [0.5, 0.6) is 0 Å². The average Bonchev–Trinajstić information content (AvgIpc) is 2.13. The van der Waals surface area contributed by atoms with Gasteiger partial charge >= 0.3 is 0 Å². The minimum Gasteiger partial charge on any atom is -0.387 e. The van der Waals surface area contributed by atoms with E-state index in [2.05, 4.69) is 0 Å². The maximum Gasteiger partial charge on any atom is 0.199 e. The lowest BCUT2D eigenvalue weighted by atomic mass is 10.1. The van der Waals surface area contributed by atoms with E-state index in [0.717, 1.165) is 0 Å². The van der Waals surface area contributed by atoms with E-state index in [-0.39, 0.29) is 12.8 Å². The molecule has 2 atom stereocenters. The largest absolute Gasteiger partial charge is 0.387 e. The van der Waals surface area contributed by atoms with Gasteiger partial charge in [-0.05, 0) is 12.8 Å². The molecule has 0 aliphatic rings. The van der Waals surface area contributed by atoms with Crippen molar-refractivity contribution in [3.63, 3.8) is 0 Å². The summed E-state index contributed by atoms with van der Waals surface area (Å²) in [5.41, 5.74) is 21.9. The van der Waals surface area contributed by atoms with E-state index >= 15 is 0 Å². The molecule has 0 fully saturated rings. The molecular formula is C8H22N4O3. The molecule has 0 saturated carbocycles. The Bertz CT molecular complexity index is 178. The molecule has 0 rings (SSSR count). The van der Waals surface area contributed by atoms with Gasteiger partial charge in [0, 0.05) is 0 Å². The fraction of sp³-hybridized carbons (Fsp3) is 1.00. The second-order valence-corrected chi connectivity index (χ2v) is 3.66. The van der Waals surface area contributed by atoms with Gasteiger partial charge in [0.25, 0.3) is 0 Å². The summed E-state index contributed by atoms with van der Waals surface area (Å²) >= 11 is 0. The Labute approximate surface area is 89.4 Å². The van der Waals surface area contributed by atoms with Crippen LogP contribution >= 0.6 is 0 Å². The van der Waals surface area contributed by atoms with Crippen molar-refractivity contribution in [1.29, 1.82) is 0 Å². The predicted molar refractivity (Wildman–Crippen MR) is 55.9 cm³/mol. The topological polar surface area (TPSA) is 154 Å². The van der Waals surface area contributed by atoms with Crippen molar-refractivity contribution in [2.24, 2.45) is 22.9 Å². The summed E-state index contributed by atoms with van der Waals surface area (Å²) in [6, 6.07) is 0. The van der Waals surface area contributed by atoms with Crippen LogP contribution in [0.3, 0.4) is 0 Å². The van der Waals surface area contributed by atoms with Crippen molar-refractivity contribution in [3.8, 4) is 0 Å². The Balaban J connectivity index is 4.56. The summed E-state index contributed by atoms with van der Waals surface area (Å²) < 4.78 is 4.94. The van der Waals surface area contributed by atoms with Crippen LogP contribution in [0.15, 0.2) is 0 Å². The molecule has 0 saturated heterocycles. The Kier molecular flexibility index (Phi) is 5.07. The molecule has 7 nitrogen and oxygen atoms in total. The molecule has 10 N–H and O–H groups in total. The Hall–Kier alpha value is -0.280. The van der Waals surface area contributed by atoms with Crippen LogP contribution < -0.4 is 22.9 Å². The first-order valence-electron chi connectivity index (χ1n) is 4.89. The molecule has 0 aromatic rings. The molecule has 0 heterocycles. The van der Waals surface area contributed by atoms with E-state index in [1.165, 1.54) is 0 Å². The van der Waals surface area contributed by atoms with E-state index in [9.17, 15) is 10.2 Å². The number of nitrogens with two attached hydrogens (primary N) is 4. The van der Waals surface area contributed by atoms with E-state index in [1.54, 1.807) is 13.8 Å². The van der Waals surface area contributed by atoms with Crippen LogP contribution in [0.2, 0.25) is 0 Å². The minimum absolute atomic E-state index is 0.283. The van der Waals surface area contributed by atoms with Crippen LogP contribution in [0.4, 0.5) is 0 Å². The molecular weight excluding hydrogens is 200 g/mol. The zero-order valence-corrected chi connectivity index (χ0v) is 9.18. The maximum absolute atomic E-state index is 9.44. The fourth-order valence-corrected chi connectivity index (χ4v) is 1.08. The number of ether oxygens (including phenoxy) is 1. The molecule has 0 radical (unpaired) electrons. The first-order chi connectivity index (χ1) is 6.67. The number of aliphatic hydroxyl groups excluding tert-OH is 2. The van der Waals surface area contributed by atoms with Gasteiger partial charge in [-0.1, -0.05) is 13.8 Å². The van der Waals surface area contributed by atoms with Gasteiger partial charge in [-0.3, -0.25) is 22.9 Å². The van der Waals surface area contributed by atoms with Gasteiger partial charge in [0.15, 0.2) is 11.7 Å². The molecule has 0 aliphatic carbocycles. The molecule has 2 unspecified atom stereocenters. The van der Waals surface area contributed by atoms with Crippen molar-refractivity contribution in [2.75, 3.05) is 0 Å². The maximum atomic E-state index is 9.44. The van der Waals surface area contributed by atoms with Crippen LogP contribution in [0, 0.1) is 0 Å². The standard InChI is InChI=1S/C8H22N4O3/c1-3-5(13)7(9,10)15-8(11,12)6(14)4-2/h5-6,13-14H,3-4,9-12H2,1-2H3. The Morgan fingerprint density at radius 3 is 1.40 bits per heavy atom. The lowest BCUT2D eigenvalue weighted by Crippen LogP contribution is -2.72. The first-order valence-corrected chi connectivity index (χ1v) is 4.89. The van der Waals surface area contributed by atoms with E-state index < -0.39 is 23.9 Å². The fourth-order valence-electron chi connectivity index (χ4n) is 1.08. The molecule has 92 valence electrons. The van der Waals surface area contributed by atoms with E-state index in [0.29, 0.717) is 0 Å². The van der Waals surface area contributed by atoms with Crippen molar-refractivity contribution < 1.29 is 14.9 Å². The molecule has 0 bridgehead atoms. The SMILES string of the molecule is CCC(O)C(N)(N)OC(N)(N)C(O)CC. The number of rotatable bonds is 6. The van der Waals surface area contributed by atoms with Crippen LogP contribution in [-0.2, 0) is 4.74 Å². The van der Waals surface area contributed by atoms with Crippen LogP contribution in [0.25, 0.3) is 0 Å². The molecule has 7 heteroatoms. The van der Waals surface area contributed by atoms with Gasteiger partial charge in [-0.15, -0.1) is 0 Å². The van der Waals surface area contributed by atoms with Gasteiger partial charge in [-0.25, -0.2) is 0 Å². The highest BCUT2D eigenvalue weighted by molar-refractivity contribution is 4.82. The second-order valence-electron chi connectivity index (χ2n) is 3.66. The monoisotopic (exact) mass is 222 g/mol. The average molecular weight is 222 g/mol. The molecule has 15 heavy (non-hydrogen) atoms. The zero-order chi connectivity index (χ0) is 12.3. The smallest absolute Gasteiger partial charge is 0.199 e. The van der Waals surface area contributed by atoms with Crippen molar-refractivity contribution >= 4 is 0 Å². The van der Waals surface area contributed by atoms with Gasteiger partial charge in [0.2, 0.25) is 0 Å². The van der Waals surface area contributed by atoms with E-state index in [1.807, 2.05) is 0 Å². The Morgan fingerprint density at radius 1 is 0.933 bits per heavy atom. The summed E-state index contributed by atoms with van der Waals surface area (Å²) in [6.07, 6.45) is -1.67. The van der Waals surface area contributed by atoms with Gasteiger partial charge in [0.1, 0.15) is 12.2 Å². The lowest BCUT2D eigenvalue weighted by Gasteiger charge is -2.39. The first kappa shape index (κ1) is 14.7. The third-order valence-electron chi connectivity index (χ3n) is 2.17. The highest BCUT2D eigenvalue weighted by atomic mass is 16.6. The number of aliphatic hydroxyl groups is 2. The van der Waals surface area contributed by atoms with Gasteiger partial charge in [-0.2, -0.15) is 0 Å². The van der Waals surface area contributed by atoms with Crippen molar-refractivity contribution in [2.45, 2.75) is 50.6 Å². The lowest BCUT2D eigenvalue weighted by molar-refractivity contribution is -0.226. The predicted octanol–water partition coefficient (Wildman–Crippen LogP) is -2.31. The van der Waals surface area contributed by atoms with Crippen molar-refractivity contribution in [1.82, 2.24) is 0 Å².